The molecule has 2 nitrogen and oxygen atoms in total. The van der Waals surface area contributed by atoms with Crippen molar-refractivity contribution in [3.05, 3.63) is 53.9 Å². The van der Waals surface area contributed by atoms with Crippen LogP contribution in [-0.2, 0) is 6.18 Å². The van der Waals surface area contributed by atoms with Crippen molar-refractivity contribution in [2.24, 2.45) is 5.92 Å². The van der Waals surface area contributed by atoms with Gasteiger partial charge in [0.2, 0.25) is 0 Å². The number of likely N-dealkylation sites (tertiary alicyclic amines) is 1. The van der Waals surface area contributed by atoms with Crippen LogP contribution in [0, 0.1) is 5.92 Å². The highest BCUT2D eigenvalue weighted by atomic mass is 19.4. The monoisotopic (exact) mass is 334 g/mol. The zero-order chi connectivity index (χ0) is 17.5. The number of benzene rings is 1. The van der Waals surface area contributed by atoms with Crippen molar-refractivity contribution in [1.29, 1.82) is 0 Å². The van der Waals surface area contributed by atoms with Crippen molar-refractivity contribution in [3.63, 3.8) is 0 Å². The minimum Gasteiger partial charge on any atom is -0.375 e. The van der Waals surface area contributed by atoms with E-state index in [9.17, 15) is 13.2 Å². The number of fused-ring (bicyclic) bond motifs is 1. The van der Waals surface area contributed by atoms with Crippen molar-refractivity contribution in [1.82, 2.24) is 9.88 Å². The third kappa shape index (κ3) is 3.12. The minimum absolute atomic E-state index is 0.0441. The fraction of sp³-hybridized carbons (Fsp3) is 0.421. The molecule has 2 heterocycles. The number of allylic oxidation sites excluding steroid dienone is 1. The molecule has 0 saturated carbocycles. The van der Waals surface area contributed by atoms with Crippen LogP contribution in [0.15, 0.2) is 42.7 Å². The number of hydrogen-bond acceptors (Lipinski definition) is 2. The van der Waals surface area contributed by atoms with Gasteiger partial charge in [0, 0.05) is 36.3 Å². The van der Waals surface area contributed by atoms with E-state index >= 15 is 0 Å². The zero-order valence-corrected chi connectivity index (χ0v) is 13.9. The number of hydrogen-bond donors (Lipinski definition) is 0. The van der Waals surface area contributed by atoms with Gasteiger partial charge in [-0.3, -0.25) is 4.98 Å². The molecule has 0 bridgehead atoms. The summed E-state index contributed by atoms with van der Waals surface area (Å²) in [5.41, 5.74) is 1.33. The second-order valence-electron chi connectivity index (χ2n) is 6.78. The second kappa shape index (κ2) is 6.11. The molecule has 3 rings (SSSR count). The Hall–Kier alpha value is -2.04. The summed E-state index contributed by atoms with van der Waals surface area (Å²) in [5, 5.41) is 0.605. The lowest BCUT2D eigenvalue weighted by molar-refractivity contribution is -0.136. The van der Waals surface area contributed by atoms with Crippen LogP contribution in [0.5, 0.6) is 0 Å². The molecule has 0 amide bonds. The fourth-order valence-electron chi connectivity index (χ4n) is 3.67. The summed E-state index contributed by atoms with van der Waals surface area (Å²) in [6.07, 6.45) is -2.01. The van der Waals surface area contributed by atoms with Crippen LogP contribution in [0.25, 0.3) is 10.9 Å². The van der Waals surface area contributed by atoms with Crippen molar-refractivity contribution in [2.75, 3.05) is 13.1 Å². The average molecular weight is 334 g/mol. The molecular formula is C19H21F3N2. The Kier molecular flexibility index (Phi) is 4.28. The summed E-state index contributed by atoms with van der Waals surface area (Å²) in [6, 6.07) is 6.26. The minimum atomic E-state index is -4.39. The number of rotatable bonds is 2. The molecule has 1 fully saturated rings. The van der Waals surface area contributed by atoms with Crippen LogP contribution in [0.2, 0.25) is 0 Å². The number of halogens is 3. The molecule has 0 aliphatic carbocycles. The molecule has 0 spiro atoms. The predicted octanol–water partition coefficient (Wildman–Crippen LogP) is 5.21. The molecule has 2 atom stereocenters. The molecule has 0 radical (unpaired) electrons. The molecule has 1 aromatic carbocycles. The van der Waals surface area contributed by atoms with E-state index in [0.717, 1.165) is 30.8 Å². The Labute approximate surface area is 140 Å². The van der Waals surface area contributed by atoms with E-state index in [1.54, 1.807) is 18.2 Å². The molecule has 128 valence electrons. The Morgan fingerprint density at radius 3 is 2.67 bits per heavy atom. The highest BCUT2D eigenvalue weighted by Gasteiger charge is 2.35. The quantitative estimate of drug-likeness (QED) is 0.749. The molecule has 2 aromatic rings. The molecule has 1 aromatic heterocycles. The van der Waals surface area contributed by atoms with E-state index in [4.69, 9.17) is 0 Å². The van der Waals surface area contributed by atoms with Crippen LogP contribution < -0.4 is 0 Å². The van der Waals surface area contributed by atoms with Crippen LogP contribution in [0.1, 0.15) is 37.3 Å². The summed E-state index contributed by atoms with van der Waals surface area (Å²) in [5.74, 6) is 0.647. The number of nitrogens with zero attached hydrogens (tertiary/aromatic N) is 2. The highest BCUT2D eigenvalue weighted by molar-refractivity contribution is 5.86. The number of piperidine rings is 1. The van der Waals surface area contributed by atoms with E-state index in [0.29, 0.717) is 11.3 Å². The predicted molar refractivity (Wildman–Crippen MR) is 89.7 cm³/mol. The van der Waals surface area contributed by atoms with Crippen LogP contribution >= 0.6 is 0 Å². The van der Waals surface area contributed by atoms with E-state index in [-0.39, 0.29) is 11.4 Å². The third-order valence-corrected chi connectivity index (χ3v) is 4.75. The van der Waals surface area contributed by atoms with Gasteiger partial charge in [0.05, 0.1) is 11.1 Å². The van der Waals surface area contributed by atoms with E-state index in [1.165, 1.54) is 12.3 Å². The molecule has 0 unspecified atom stereocenters. The van der Waals surface area contributed by atoms with Crippen molar-refractivity contribution < 1.29 is 13.2 Å². The molecule has 24 heavy (non-hydrogen) atoms. The first-order valence-electron chi connectivity index (χ1n) is 8.12. The standard InChI is InChI=1S/C19H21F3N2/c1-12(2)24-10-13(3)9-14(11-24)15-6-7-17(19(20,21)22)18-16(15)5-4-8-23-18/h4-8,13-14H,1,9-11H2,2-3H3/t13-,14+/m1/s1. The van der Waals surface area contributed by atoms with E-state index in [2.05, 4.69) is 23.4 Å². The van der Waals surface area contributed by atoms with Crippen molar-refractivity contribution in [3.8, 4) is 0 Å². The average Bonchev–Trinajstić information content (AvgIpc) is 2.52. The molecule has 1 saturated heterocycles. The summed E-state index contributed by atoms with van der Waals surface area (Å²) >= 11 is 0. The largest absolute Gasteiger partial charge is 0.418 e. The molecular weight excluding hydrogens is 313 g/mol. The van der Waals surface area contributed by atoms with Gasteiger partial charge in [-0.15, -0.1) is 0 Å². The summed E-state index contributed by atoms with van der Waals surface area (Å²) < 4.78 is 39.8. The molecule has 5 heteroatoms. The summed E-state index contributed by atoms with van der Waals surface area (Å²) in [4.78, 5) is 6.25. The van der Waals surface area contributed by atoms with Gasteiger partial charge in [0.1, 0.15) is 0 Å². The zero-order valence-electron chi connectivity index (χ0n) is 13.9. The van der Waals surface area contributed by atoms with Gasteiger partial charge >= 0.3 is 6.18 Å². The van der Waals surface area contributed by atoms with Crippen LogP contribution in [0.3, 0.4) is 0 Å². The van der Waals surface area contributed by atoms with Crippen molar-refractivity contribution >= 4 is 10.9 Å². The fourth-order valence-corrected chi connectivity index (χ4v) is 3.67. The molecule has 0 N–H and O–H groups in total. The normalized spacial score (nSPS) is 22.0. The lowest BCUT2D eigenvalue weighted by Crippen LogP contribution is -2.37. The number of pyridine rings is 1. The van der Waals surface area contributed by atoms with Gasteiger partial charge in [-0.1, -0.05) is 25.6 Å². The van der Waals surface area contributed by atoms with Gasteiger partial charge in [-0.2, -0.15) is 13.2 Å². The van der Waals surface area contributed by atoms with Gasteiger partial charge in [0.25, 0.3) is 0 Å². The van der Waals surface area contributed by atoms with E-state index in [1.807, 2.05) is 6.92 Å². The lowest BCUT2D eigenvalue weighted by Gasteiger charge is -2.38. The smallest absolute Gasteiger partial charge is 0.375 e. The Morgan fingerprint density at radius 2 is 2.00 bits per heavy atom. The summed E-state index contributed by atoms with van der Waals surface area (Å²) in [7, 11) is 0. The first-order valence-corrected chi connectivity index (χ1v) is 8.12. The number of alkyl halides is 3. The SMILES string of the molecule is C=C(C)N1C[C@H](C)C[C@H](c2ccc(C(F)(F)F)c3ncccc23)C1. The van der Waals surface area contributed by atoms with Gasteiger partial charge in [-0.05, 0) is 37.0 Å². The van der Waals surface area contributed by atoms with Gasteiger partial charge in [0.15, 0.2) is 0 Å². The topological polar surface area (TPSA) is 16.1 Å². The second-order valence-corrected chi connectivity index (χ2v) is 6.78. The maximum atomic E-state index is 13.3. The van der Waals surface area contributed by atoms with Gasteiger partial charge < -0.3 is 4.90 Å². The Bertz CT molecular complexity index is 767. The number of aromatic nitrogens is 1. The Balaban J connectivity index is 2.09. The first kappa shape index (κ1) is 16.8. The summed E-state index contributed by atoms with van der Waals surface area (Å²) in [6.45, 7) is 9.90. The van der Waals surface area contributed by atoms with E-state index < -0.39 is 11.7 Å². The van der Waals surface area contributed by atoms with Crippen LogP contribution in [0.4, 0.5) is 13.2 Å². The lowest BCUT2D eigenvalue weighted by atomic mass is 9.83. The first-order chi connectivity index (χ1) is 11.3. The Morgan fingerprint density at radius 1 is 1.25 bits per heavy atom. The molecule has 1 aliphatic heterocycles. The third-order valence-electron chi connectivity index (χ3n) is 4.75. The highest BCUT2D eigenvalue weighted by Crippen LogP contribution is 2.39. The maximum absolute atomic E-state index is 13.3. The van der Waals surface area contributed by atoms with Gasteiger partial charge in [-0.25, -0.2) is 0 Å². The van der Waals surface area contributed by atoms with Crippen molar-refractivity contribution in [2.45, 2.75) is 32.4 Å². The maximum Gasteiger partial charge on any atom is 0.418 e. The molecule has 1 aliphatic rings. The van der Waals surface area contributed by atoms with Crippen LogP contribution in [-0.4, -0.2) is 23.0 Å².